The first kappa shape index (κ1) is 55.1. The molecule has 9 aromatic rings. The fraction of sp³-hybridized carbons (Fsp3) is 0.400. The molecule has 0 saturated carbocycles. The van der Waals surface area contributed by atoms with E-state index in [-0.39, 0.29) is 37.9 Å². The second-order valence-corrected chi connectivity index (χ2v) is 31.1. The Labute approximate surface area is 503 Å². The van der Waals surface area contributed by atoms with Gasteiger partial charge in [0, 0.05) is 38.7 Å². The molecule has 4 heteroatoms. The fourth-order valence-electron chi connectivity index (χ4n) is 16.6. The van der Waals surface area contributed by atoms with Gasteiger partial charge in [0.15, 0.2) is 5.88 Å². The lowest BCUT2D eigenvalue weighted by Crippen LogP contribution is -2.41. The minimum Gasteiger partial charge on any atom is -0.440 e. The Morgan fingerprint density at radius 1 is 0.476 bits per heavy atom. The van der Waals surface area contributed by atoms with E-state index in [2.05, 4.69) is 248 Å². The minimum absolute atomic E-state index is 0.0297. The van der Waals surface area contributed by atoms with Crippen LogP contribution in [0, 0.1) is 0 Å². The Morgan fingerprint density at radius 3 is 1.76 bits per heavy atom. The molecule has 14 rings (SSSR count). The van der Waals surface area contributed by atoms with Crippen molar-refractivity contribution in [1.29, 1.82) is 0 Å². The number of fused-ring (bicyclic) bond motifs is 12. The van der Waals surface area contributed by atoms with Crippen LogP contribution in [0.3, 0.4) is 0 Å². The zero-order valence-electron chi connectivity index (χ0n) is 53.3. The Hall–Kier alpha value is -6.78. The molecule has 428 valence electrons. The maximum absolute atomic E-state index is 7.66. The van der Waals surface area contributed by atoms with Crippen molar-refractivity contribution in [3.8, 4) is 33.4 Å². The van der Waals surface area contributed by atoms with Crippen molar-refractivity contribution >= 4 is 68.6 Å². The molecule has 5 aliphatic rings. The highest BCUT2D eigenvalue weighted by atomic mass is 16.4. The molecule has 0 spiro atoms. The molecule has 1 aromatic heterocycles. The van der Waals surface area contributed by atoms with E-state index in [0.717, 1.165) is 55.1 Å². The van der Waals surface area contributed by atoms with Crippen molar-refractivity contribution in [1.82, 2.24) is 0 Å². The summed E-state index contributed by atoms with van der Waals surface area (Å²) in [6.45, 7) is 36.9. The lowest BCUT2D eigenvalue weighted by atomic mass is 9.57. The van der Waals surface area contributed by atoms with E-state index < -0.39 is 0 Å². The normalized spacial score (nSPS) is 19.3. The van der Waals surface area contributed by atoms with Gasteiger partial charge in [-0.2, -0.15) is 0 Å². The maximum Gasteiger partial charge on any atom is 0.203 e. The van der Waals surface area contributed by atoms with Crippen LogP contribution >= 0.6 is 0 Å². The maximum atomic E-state index is 7.66. The number of benzene rings is 8. The van der Waals surface area contributed by atoms with Crippen LogP contribution in [0.25, 0.3) is 55.1 Å². The van der Waals surface area contributed by atoms with Gasteiger partial charge in [0.2, 0.25) is 7.28 Å². The van der Waals surface area contributed by atoms with E-state index in [1.54, 1.807) is 0 Å². The summed E-state index contributed by atoms with van der Waals surface area (Å²) in [5, 5.41) is 7.97. The summed E-state index contributed by atoms with van der Waals surface area (Å²) in [6.07, 6.45) is 11.7. The standard InChI is InChI=1S/C80H89BN2O/c1-16-17-19-24-48-29-34-66(54(41-48)49-25-20-18-21-26-49)83-72-52-28-23-22-27-50(52)42-57(70(72)81-71-56-45-62-64(47-67(56)84-73(71)83)79(12,13)40-38-77(62,8)9)68-65(82-51-30-32-58-60(43-51)75(4,5)36-35-74(58,2)3)33-31-53-55-44-61-63(46-59(55)80(14,15)69(53)68)78(10,11)39-37-76(61,6)7/h18,20-23,25-34,41-47,81-82H,16-17,19,24,35-40H2,1-15H3. The highest BCUT2D eigenvalue weighted by Gasteiger charge is 2.46. The molecule has 2 heterocycles. The van der Waals surface area contributed by atoms with Gasteiger partial charge in [0.1, 0.15) is 5.58 Å². The first-order valence-corrected chi connectivity index (χ1v) is 32.2. The van der Waals surface area contributed by atoms with Gasteiger partial charge < -0.3 is 9.73 Å². The van der Waals surface area contributed by atoms with E-state index >= 15 is 0 Å². The number of nitrogens with one attached hydrogen (secondary N) is 1. The Kier molecular flexibility index (Phi) is 12.4. The lowest BCUT2D eigenvalue weighted by molar-refractivity contribution is 0.331. The molecule has 1 aliphatic heterocycles. The molecule has 84 heavy (non-hydrogen) atoms. The van der Waals surface area contributed by atoms with Crippen molar-refractivity contribution in [3.05, 3.63) is 184 Å². The molecule has 0 saturated heterocycles. The molecule has 1 N–H and O–H groups in total. The average molecular weight is 1110 g/mol. The van der Waals surface area contributed by atoms with E-state index in [9.17, 15) is 0 Å². The summed E-state index contributed by atoms with van der Waals surface area (Å²) >= 11 is 0. The topological polar surface area (TPSA) is 28.4 Å². The van der Waals surface area contributed by atoms with Crippen molar-refractivity contribution in [3.63, 3.8) is 0 Å². The zero-order chi connectivity index (χ0) is 58.8. The summed E-state index contributed by atoms with van der Waals surface area (Å²) in [5.41, 5.74) is 29.2. The second kappa shape index (κ2) is 18.9. The Morgan fingerprint density at radius 2 is 1.08 bits per heavy atom. The lowest BCUT2D eigenvalue weighted by Gasteiger charge is -2.42. The fourth-order valence-corrected chi connectivity index (χ4v) is 16.6. The van der Waals surface area contributed by atoms with Gasteiger partial charge in [-0.15, -0.1) is 0 Å². The van der Waals surface area contributed by atoms with Crippen molar-refractivity contribution in [2.24, 2.45) is 0 Å². The SMILES string of the molecule is CCCCCc1ccc(N2c3oc4cc5c(cc4c3Bc3c(-c4c(Nc6ccc7c(c6)C(C)(C)CCC7(C)C)ccc6c4C(C)(C)c4cc7c(cc4-6)C(C)(C)CCC7(C)C)cc4ccccc4c32)C(C)(C)CCC5(C)C)c(-c2ccccc2)c1. The summed E-state index contributed by atoms with van der Waals surface area (Å²) in [4.78, 5) is 2.59. The first-order valence-electron chi connectivity index (χ1n) is 32.2. The summed E-state index contributed by atoms with van der Waals surface area (Å²) < 4.78 is 7.66. The van der Waals surface area contributed by atoms with Crippen LogP contribution < -0.4 is 21.1 Å². The third-order valence-electron chi connectivity index (χ3n) is 22.3. The molecule has 0 bridgehead atoms. The third-order valence-corrected chi connectivity index (χ3v) is 22.3. The number of hydrogen-bond donors (Lipinski definition) is 1. The predicted octanol–water partition coefficient (Wildman–Crippen LogP) is 20.9. The third kappa shape index (κ3) is 8.47. The van der Waals surface area contributed by atoms with Crippen molar-refractivity contribution in [2.75, 3.05) is 10.2 Å². The number of unbranched alkanes of at least 4 members (excludes halogenated alkanes) is 2. The number of aryl methyl sites for hydroxylation is 1. The van der Waals surface area contributed by atoms with Crippen LogP contribution in [0.1, 0.15) is 212 Å². The van der Waals surface area contributed by atoms with Gasteiger partial charge >= 0.3 is 0 Å². The van der Waals surface area contributed by atoms with Crippen LogP contribution in [0.5, 0.6) is 0 Å². The molecule has 0 unspecified atom stereocenters. The highest BCUT2D eigenvalue weighted by Crippen LogP contribution is 2.60. The Bertz CT molecular complexity index is 4190. The van der Waals surface area contributed by atoms with Gasteiger partial charge in [-0.3, -0.25) is 4.90 Å². The molecule has 3 nitrogen and oxygen atoms in total. The number of rotatable bonds is 9. The van der Waals surface area contributed by atoms with Crippen LogP contribution in [0.2, 0.25) is 0 Å². The predicted molar refractivity (Wildman–Crippen MR) is 362 cm³/mol. The van der Waals surface area contributed by atoms with Gasteiger partial charge in [0.25, 0.3) is 0 Å². The molecule has 0 radical (unpaired) electrons. The van der Waals surface area contributed by atoms with E-state index in [0.29, 0.717) is 0 Å². The number of hydrogen-bond acceptors (Lipinski definition) is 3. The zero-order valence-corrected chi connectivity index (χ0v) is 53.3. The summed E-state index contributed by atoms with van der Waals surface area (Å²) in [6, 6.07) is 52.9. The number of furan rings is 1. The van der Waals surface area contributed by atoms with Gasteiger partial charge in [-0.25, -0.2) is 0 Å². The van der Waals surface area contributed by atoms with Gasteiger partial charge in [-0.05, 0) is 227 Å². The Balaban J connectivity index is 1.09. The quantitative estimate of drug-likeness (QED) is 0.115. The molecule has 4 aliphatic carbocycles. The highest BCUT2D eigenvalue weighted by molar-refractivity contribution is 6.76. The molecular weight excluding hydrogens is 1020 g/mol. The smallest absolute Gasteiger partial charge is 0.203 e. The monoisotopic (exact) mass is 1100 g/mol. The summed E-state index contributed by atoms with van der Waals surface area (Å²) in [5.74, 6) is 0.938. The average Bonchev–Trinajstić information content (AvgIpc) is 1.94. The van der Waals surface area contributed by atoms with Gasteiger partial charge in [0.05, 0.1) is 11.4 Å². The minimum atomic E-state index is -0.335. The van der Waals surface area contributed by atoms with Crippen LogP contribution in [0.4, 0.5) is 28.6 Å². The van der Waals surface area contributed by atoms with Crippen LogP contribution in [-0.2, 0) is 44.3 Å². The van der Waals surface area contributed by atoms with E-state index in [1.165, 1.54) is 161 Å². The van der Waals surface area contributed by atoms with Crippen LogP contribution in [-0.4, -0.2) is 7.28 Å². The van der Waals surface area contributed by atoms with Gasteiger partial charge in [-0.1, -0.05) is 196 Å². The first-order chi connectivity index (χ1) is 39.8. The molecular formula is C80H89BN2O. The molecule has 0 fully saturated rings. The van der Waals surface area contributed by atoms with E-state index in [4.69, 9.17) is 4.42 Å². The molecule has 0 amide bonds. The molecule has 8 aromatic carbocycles. The van der Waals surface area contributed by atoms with Crippen molar-refractivity contribution in [2.45, 2.75) is 206 Å². The van der Waals surface area contributed by atoms with E-state index in [1.807, 2.05) is 0 Å². The largest absolute Gasteiger partial charge is 0.440 e. The van der Waals surface area contributed by atoms with Crippen molar-refractivity contribution < 1.29 is 4.42 Å². The number of nitrogens with zero attached hydrogens (tertiary/aromatic N) is 1. The second-order valence-electron chi connectivity index (χ2n) is 31.1. The molecule has 0 atom stereocenters. The number of anilines is 5. The van der Waals surface area contributed by atoms with Crippen LogP contribution in [0.15, 0.2) is 138 Å². The summed E-state index contributed by atoms with van der Waals surface area (Å²) in [7, 11) is 0.724.